The zero-order chi connectivity index (χ0) is 19.5. The number of hydrogen-bond acceptors (Lipinski definition) is 4. The Bertz CT molecular complexity index is 957. The lowest BCUT2D eigenvalue weighted by atomic mass is 9.98. The van der Waals surface area contributed by atoms with E-state index in [1.54, 1.807) is 41.3 Å². The molecule has 144 valence electrons. The van der Waals surface area contributed by atoms with Crippen molar-refractivity contribution < 1.29 is 9.32 Å². The summed E-state index contributed by atoms with van der Waals surface area (Å²) in [5.41, 5.74) is 1.55. The summed E-state index contributed by atoms with van der Waals surface area (Å²) < 4.78 is 5.48. The standard InChI is InChI=1S/C20H18Cl2N4O2/c21-15-5-3-13(4-6-15)18-24-19(28-25-18)14-2-1-11-26(12-14)20(27)23-17-9-7-16(22)8-10-17/h3-10,14H,1-2,11-12H2,(H,23,27). The monoisotopic (exact) mass is 416 g/mol. The van der Waals surface area contributed by atoms with E-state index in [4.69, 9.17) is 27.7 Å². The topological polar surface area (TPSA) is 71.3 Å². The first-order valence-corrected chi connectivity index (χ1v) is 9.75. The molecular weight excluding hydrogens is 399 g/mol. The Kier molecular flexibility index (Phi) is 5.50. The van der Waals surface area contributed by atoms with Crippen molar-refractivity contribution in [2.75, 3.05) is 18.4 Å². The van der Waals surface area contributed by atoms with Gasteiger partial charge in [-0.1, -0.05) is 28.4 Å². The largest absolute Gasteiger partial charge is 0.339 e. The van der Waals surface area contributed by atoms with Crippen LogP contribution in [-0.4, -0.2) is 34.2 Å². The van der Waals surface area contributed by atoms with Gasteiger partial charge in [-0.3, -0.25) is 0 Å². The molecule has 2 heterocycles. The summed E-state index contributed by atoms with van der Waals surface area (Å²) in [4.78, 5) is 18.9. The van der Waals surface area contributed by atoms with Gasteiger partial charge in [0.05, 0.1) is 5.92 Å². The molecule has 0 aliphatic carbocycles. The Balaban J connectivity index is 1.43. The predicted octanol–water partition coefficient (Wildman–Crippen LogP) is 5.45. The van der Waals surface area contributed by atoms with Gasteiger partial charge in [0, 0.05) is 34.4 Å². The second kappa shape index (κ2) is 8.20. The predicted molar refractivity (Wildman–Crippen MR) is 109 cm³/mol. The maximum absolute atomic E-state index is 12.6. The van der Waals surface area contributed by atoms with Crippen LogP contribution in [0.3, 0.4) is 0 Å². The molecule has 1 aliphatic heterocycles. The highest BCUT2D eigenvalue weighted by atomic mass is 35.5. The smallest absolute Gasteiger partial charge is 0.321 e. The van der Waals surface area contributed by atoms with Crippen molar-refractivity contribution in [2.24, 2.45) is 0 Å². The first kappa shape index (κ1) is 18.8. The van der Waals surface area contributed by atoms with E-state index >= 15 is 0 Å². The molecule has 1 N–H and O–H groups in total. The van der Waals surface area contributed by atoms with E-state index in [0.717, 1.165) is 18.4 Å². The van der Waals surface area contributed by atoms with Crippen molar-refractivity contribution in [1.29, 1.82) is 0 Å². The van der Waals surface area contributed by atoms with Crippen LogP contribution in [-0.2, 0) is 0 Å². The molecule has 3 aromatic rings. The number of halogens is 2. The number of amides is 2. The summed E-state index contributed by atoms with van der Waals surface area (Å²) >= 11 is 11.8. The summed E-state index contributed by atoms with van der Waals surface area (Å²) in [6.45, 7) is 1.22. The van der Waals surface area contributed by atoms with Gasteiger partial charge >= 0.3 is 6.03 Å². The van der Waals surface area contributed by atoms with Crippen LogP contribution in [0.25, 0.3) is 11.4 Å². The summed E-state index contributed by atoms with van der Waals surface area (Å²) in [5, 5.41) is 8.26. The minimum atomic E-state index is -0.149. The molecule has 4 rings (SSSR count). The van der Waals surface area contributed by atoms with Gasteiger partial charge in [-0.05, 0) is 61.4 Å². The number of nitrogens with one attached hydrogen (secondary N) is 1. The lowest BCUT2D eigenvalue weighted by Crippen LogP contribution is -2.41. The van der Waals surface area contributed by atoms with Crippen molar-refractivity contribution >= 4 is 34.9 Å². The maximum Gasteiger partial charge on any atom is 0.321 e. The fraction of sp³-hybridized carbons (Fsp3) is 0.250. The molecule has 1 aromatic heterocycles. The van der Waals surface area contributed by atoms with E-state index < -0.39 is 0 Å². The van der Waals surface area contributed by atoms with Gasteiger partial charge in [-0.2, -0.15) is 4.98 Å². The van der Waals surface area contributed by atoms with Gasteiger partial charge < -0.3 is 14.7 Å². The van der Waals surface area contributed by atoms with Crippen molar-refractivity contribution in [3.63, 3.8) is 0 Å². The lowest BCUT2D eigenvalue weighted by molar-refractivity contribution is 0.184. The van der Waals surface area contributed by atoms with Crippen LogP contribution < -0.4 is 5.32 Å². The Morgan fingerprint density at radius 1 is 1.07 bits per heavy atom. The number of carbonyl (C=O) groups excluding carboxylic acids is 1. The van der Waals surface area contributed by atoms with E-state index in [9.17, 15) is 4.79 Å². The molecule has 1 fully saturated rings. The van der Waals surface area contributed by atoms with Gasteiger partial charge in [0.25, 0.3) is 0 Å². The van der Waals surface area contributed by atoms with Crippen LogP contribution in [0.5, 0.6) is 0 Å². The molecule has 2 aromatic carbocycles. The molecule has 0 radical (unpaired) electrons. The minimum Gasteiger partial charge on any atom is -0.339 e. The highest BCUT2D eigenvalue weighted by molar-refractivity contribution is 6.30. The zero-order valence-corrected chi connectivity index (χ0v) is 16.5. The van der Waals surface area contributed by atoms with Gasteiger partial charge in [-0.25, -0.2) is 4.79 Å². The van der Waals surface area contributed by atoms with E-state index in [0.29, 0.717) is 40.5 Å². The average Bonchev–Trinajstić information content (AvgIpc) is 3.21. The van der Waals surface area contributed by atoms with E-state index in [1.807, 2.05) is 12.1 Å². The molecule has 0 bridgehead atoms. The molecule has 1 saturated heterocycles. The average molecular weight is 417 g/mol. The number of piperidine rings is 1. The summed E-state index contributed by atoms with van der Waals surface area (Å²) in [7, 11) is 0. The number of aromatic nitrogens is 2. The molecule has 1 aliphatic rings. The van der Waals surface area contributed by atoms with E-state index in [-0.39, 0.29) is 11.9 Å². The highest BCUT2D eigenvalue weighted by Crippen LogP contribution is 2.28. The van der Waals surface area contributed by atoms with Gasteiger partial charge in [0.1, 0.15) is 0 Å². The van der Waals surface area contributed by atoms with Crippen LogP contribution in [0.1, 0.15) is 24.7 Å². The fourth-order valence-electron chi connectivity index (χ4n) is 3.22. The quantitative estimate of drug-likeness (QED) is 0.615. The van der Waals surface area contributed by atoms with Crippen LogP contribution in [0.15, 0.2) is 53.1 Å². The molecule has 28 heavy (non-hydrogen) atoms. The van der Waals surface area contributed by atoms with Crippen molar-refractivity contribution in [2.45, 2.75) is 18.8 Å². The van der Waals surface area contributed by atoms with Gasteiger partial charge in [0.2, 0.25) is 11.7 Å². The second-order valence-corrected chi connectivity index (χ2v) is 7.56. The summed E-state index contributed by atoms with van der Waals surface area (Å²) in [6.07, 6.45) is 1.77. The van der Waals surface area contributed by atoms with Crippen molar-refractivity contribution in [3.8, 4) is 11.4 Å². The Morgan fingerprint density at radius 2 is 1.75 bits per heavy atom. The normalized spacial score (nSPS) is 16.8. The number of rotatable bonds is 3. The highest BCUT2D eigenvalue weighted by Gasteiger charge is 2.28. The zero-order valence-electron chi connectivity index (χ0n) is 14.9. The molecule has 6 nitrogen and oxygen atoms in total. The van der Waals surface area contributed by atoms with Gasteiger partial charge in [-0.15, -0.1) is 0 Å². The van der Waals surface area contributed by atoms with Crippen LogP contribution in [0.2, 0.25) is 10.0 Å². The summed E-state index contributed by atoms with van der Waals surface area (Å²) in [6, 6.07) is 14.2. The minimum absolute atomic E-state index is 0.0123. The number of hydrogen-bond donors (Lipinski definition) is 1. The Labute approximate surface area is 172 Å². The van der Waals surface area contributed by atoms with E-state index in [1.165, 1.54) is 0 Å². The van der Waals surface area contributed by atoms with E-state index in [2.05, 4.69) is 15.5 Å². The Morgan fingerprint density at radius 3 is 2.46 bits per heavy atom. The molecule has 0 saturated carbocycles. The number of likely N-dealkylation sites (tertiary alicyclic amines) is 1. The van der Waals surface area contributed by atoms with Crippen LogP contribution >= 0.6 is 23.2 Å². The molecule has 1 atom stereocenters. The van der Waals surface area contributed by atoms with Crippen LogP contribution in [0.4, 0.5) is 10.5 Å². The summed E-state index contributed by atoms with van der Waals surface area (Å²) in [5.74, 6) is 1.08. The molecule has 2 amide bonds. The Hall–Kier alpha value is -2.57. The maximum atomic E-state index is 12.6. The third-order valence-corrected chi connectivity index (χ3v) is 5.20. The molecule has 8 heteroatoms. The van der Waals surface area contributed by atoms with Gasteiger partial charge in [0.15, 0.2) is 0 Å². The number of benzene rings is 2. The number of nitrogens with zero attached hydrogens (tertiary/aromatic N) is 3. The second-order valence-electron chi connectivity index (χ2n) is 6.69. The number of carbonyl (C=O) groups is 1. The third kappa shape index (κ3) is 4.29. The molecule has 0 spiro atoms. The fourth-order valence-corrected chi connectivity index (χ4v) is 3.47. The molecular formula is C20H18Cl2N4O2. The molecule has 1 unspecified atom stereocenters. The number of urea groups is 1. The number of anilines is 1. The van der Waals surface area contributed by atoms with Crippen molar-refractivity contribution in [3.05, 3.63) is 64.5 Å². The third-order valence-electron chi connectivity index (χ3n) is 4.70. The van der Waals surface area contributed by atoms with Crippen LogP contribution in [0, 0.1) is 0 Å². The first-order chi connectivity index (χ1) is 13.6. The van der Waals surface area contributed by atoms with Crippen molar-refractivity contribution in [1.82, 2.24) is 15.0 Å². The SMILES string of the molecule is O=C(Nc1ccc(Cl)cc1)N1CCCC(c2nc(-c3ccc(Cl)cc3)no2)C1. The first-order valence-electron chi connectivity index (χ1n) is 8.99. The lowest BCUT2D eigenvalue weighted by Gasteiger charge is -2.31.